The lowest BCUT2D eigenvalue weighted by Crippen LogP contribution is -2.38. The molecule has 1 aromatic rings. The zero-order chi connectivity index (χ0) is 19.1. The van der Waals surface area contributed by atoms with E-state index in [0.29, 0.717) is 18.6 Å². The molecule has 138 valence electrons. The van der Waals surface area contributed by atoms with Crippen LogP contribution in [0.3, 0.4) is 0 Å². The Labute approximate surface area is 168 Å². The van der Waals surface area contributed by atoms with Crippen LogP contribution in [-0.2, 0) is 14.3 Å². The number of esters is 1. The second-order valence-electron chi connectivity index (χ2n) is 7.71. The van der Waals surface area contributed by atoms with Crippen molar-refractivity contribution in [2.75, 3.05) is 6.61 Å². The second-order valence-corrected chi connectivity index (χ2v) is 8.95. The number of carbonyl (C=O) groups is 2. The third kappa shape index (κ3) is 3.59. The molecule has 0 fully saturated rings. The highest BCUT2D eigenvalue weighted by Crippen LogP contribution is 2.46. The number of Topliss-reactive ketones (excluding diaryl/α,β-unsaturated/α-hetero) is 1. The van der Waals surface area contributed by atoms with Gasteiger partial charge >= 0.3 is 5.97 Å². The highest BCUT2D eigenvalue weighted by atomic mass is 127. The van der Waals surface area contributed by atoms with Crippen molar-refractivity contribution in [3.63, 3.8) is 0 Å². The third-order valence-electron chi connectivity index (χ3n) is 4.92. The Morgan fingerprint density at radius 2 is 2.08 bits per heavy atom. The van der Waals surface area contributed by atoms with E-state index in [9.17, 15) is 9.59 Å². The van der Waals surface area contributed by atoms with Gasteiger partial charge in [0.25, 0.3) is 0 Å². The summed E-state index contributed by atoms with van der Waals surface area (Å²) < 4.78 is 6.39. The molecule has 0 aromatic heterocycles. The van der Waals surface area contributed by atoms with Crippen LogP contribution >= 0.6 is 22.6 Å². The van der Waals surface area contributed by atoms with Gasteiger partial charge in [-0.2, -0.15) is 0 Å². The Kier molecular flexibility index (Phi) is 5.28. The first-order chi connectivity index (χ1) is 12.2. The smallest absolute Gasteiger partial charge is 0.336 e. The normalized spacial score (nSPS) is 22.0. The molecule has 0 saturated heterocycles. The summed E-state index contributed by atoms with van der Waals surface area (Å²) in [6.45, 7) is 8.21. The monoisotopic (exact) mass is 465 g/mol. The molecule has 0 saturated carbocycles. The van der Waals surface area contributed by atoms with E-state index in [2.05, 4.69) is 41.8 Å². The van der Waals surface area contributed by atoms with Gasteiger partial charge in [0, 0.05) is 32.9 Å². The molecule has 4 nitrogen and oxygen atoms in total. The molecule has 0 unspecified atom stereocenters. The molecule has 3 rings (SSSR count). The van der Waals surface area contributed by atoms with Crippen LogP contribution in [0.2, 0.25) is 0 Å². The molecule has 1 heterocycles. The maximum absolute atomic E-state index is 13.1. The van der Waals surface area contributed by atoms with Crippen LogP contribution in [0, 0.1) is 8.99 Å². The van der Waals surface area contributed by atoms with Crippen molar-refractivity contribution in [1.82, 2.24) is 5.32 Å². The van der Waals surface area contributed by atoms with Gasteiger partial charge in [-0.3, -0.25) is 4.79 Å². The second kappa shape index (κ2) is 7.18. The van der Waals surface area contributed by atoms with Gasteiger partial charge in [-0.25, -0.2) is 4.79 Å². The van der Waals surface area contributed by atoms with Crippen LogP contribution in [-0.4, -0.2) is 18.4 Å². The van der Waals surface area contributed by atoms with Crippen molar-refractivity contribution in [1.29, 1.82) is 0 Å². The van der Waals surface area contributed by atoms with Crippen LogP contribution in [0.5, 0.6) is 0 Å². The number of allylic oxidation sites excluding steroid dienone is 3. The van der Waals surface area contributed by atoms with Crippen LogP contribution in [0.1, 0.15) is 52.0 Å². The summed E-state index contributed by atoms with van der Waals surface area (Å²) in [5.74, 6) is -0.615. The number of ether oxygens (including phenoxy) is 1. The molecule has 26 heavy (non-hydrogen) atoms. The average Bonchev–Trinajstić information content (AvgIpc) is 2.52. The number of halogens is 1. The lowest BCUT2D eigenvalue weighted by atomic mass is 9.68. The van der Waals surface area contributed by atoms with E-state index >= 15 is 0 Å². The van der Waals surface area contributed by atoms with E-state index < -0.39 is 0 Å². The SMILES string of the molecule is CCOC(=O)C1=C(C)NC2=C(C(=O)CC(C)(C)C2)[C@@H]1c1cccc(I)c1. The summed E-state index contributed by atoms with van der Waals surface area (Å²) in [5.41, 5.74) is 3.86. The van der Waals surface area contributed by atoms with Crippen LogP contribution in [0.15, 0.2) is 46.8 Å². The largest absolute Gasteiger partial charge is 0.463 e. The molecule has 1 aromatic carbocycles. The fraction of sp³-hybridized carbons (Fsp3) is 0.429. The van der Waals surface area contributed by atoms with E-state index in [1.807, 2.05) is 31.2 Å². The molecule has 1 aliphatic heterocycles. The Morgan fingerprint density at radius 3 is 2.73 bits per heavy atom. The summed E-state index contributed by atoms with van der Waals surface area (Å²) in [5, 5.41) is 3.34. The number of nitrogens with one attached hydrogen (secondary N) is 1. The number of hydrogen-bond donors (Lipinski definition) is 1. The number of dihydropyridines is 1. The van der Waals surface area contributed by atoms with Gasteiger partial charge in [0.1, 0.15) is 0 Å². The van der Waals surface area contributed by atoms with E-state index in [1.54, 1.807) is 6.92 Å². The van der Waals surface area contributed by atoms with E-state index in [4.69, 9.17) is 4.74 Å². The van der Waals surface area contributed by atoms with Crippen molar-refractivity contribution in [2.24, 2.45) is 5.41 Å². The molecular weight excluding hydrogens is 441 g/mol. The number of ketones is 1. The molecule has 1 atom stereocenters. The first-order valence-electron chi connectivity index (χ1n) is 8.90. The minimum Gasteiger partial charge on any atom is -0.463 e. The summed E-state index contributed by atoms with van der Waals surface area (Å²) in [4.78, 5) is 25.8. The topological polar surface area (TPSA) is 55.4 Å². The number of rotatable bonds is 3. The summed E-state index contributed by atoms with van der Waals surface area (Å²) in [7, 11) is 0. The molecule has 0 bridgehead atoms. The Balaban J connectivity index is 2.18. The number of hydrogen-bond acceptors (Lipinski definition) is 4. The summed E-state index contributed by atoms with van der Waals surface area (Å²) >= 11 is 2.26. The van der Waals surface area contributed by atoms with Crippen LogP contribution in [0.4, 0.5) is 0 Å². The highest BCUT2D eigenvalue weighted by molar-refractivity contribution is 14.1. The third-order valence-corrected chi connectivity index (χ3v) is 5.59. The molecule has 0 amide bonds. The maximum Gasteiger partial charge on any atom is 0.336 e. The van der Waals surface area contributed by atoms with Gasteiger partial charge in [-0.05, 0) is 66.0 Å². The van der Waals surface area contributed by atoms with Crippen molar-refractivity contribution in [2.45, 2.75) is 46.5 Å². The minimum atomic E-state index is -0.372. The molecule has 0 spiro atoms. The maximum atomic E-state index is 13.1. The van der Waals surface area contributed by atoms with Gasteiger partial charge in [0.2, 0.25) is 0 Å². The van der Waals surface area contributed by atoms with Crippen molar-refractivity contribution in [3.05, 3.63) is 55.9 Å². The quantitative estimate of drug-likeness (QED) is 0.529. The fourth-order valence-electron chi connectivity index (χ4n) is 3.93. The minimum absolute atomic E-state index is 0.0830. The number of benzene rings is 1. The predicted octanol–water partition coefficient (Wildman–Crippen LogP) is 4.46. The molecule has 1 N–H and O–H groups in total. The lowest BCUT2D eigenvalue weighted by molar-refractivity contribution is -0.138. The predicted molar refractivity (Wildman–Crippen MR) is 109 cm³/mol. The van der Waals surface area contributed by atoms with E-state index in [1.165, 1.54) is 0 Å². The van der Waals surface area contributed by atoms with Gasteiger partial charge < -0.3 is 10.1 Å². The van der Waals surface area contributed by atoms with Crippen molar-refractivity contribution >= 4 is 34.3 Å². The molecular formula is C21H24INO3. The summed E-state index contributed by atoms with van der Waals surface area (Å²) in [6, 6.07) is 8.00. The van der Waals surface area contributed by atoms with Crippen molar-refractivity contribution in [3.8, 4) is 0 Å². The highest BCUT2D eigenvalue weighted by Gasteiger charge is 2.43. The Bertz CT molecular complexity index is 835. The Hall–Kier alpha value is -1.63. The van der Waals surface area contributed by atoms with Gasteiger partial charge in [-0.15, -0.1) is 0 Å². The van der Waals surface area contributed by atoms with Crippen molar-refractivity contribution < 1.29 is 14.3 Å². The average molecular weight is 465 g/mol. The van der Waals surface area contributed by atoms with E-state index in [-0.39, 0.29) is 23.1 Å². The van der Waals surface area contributed by atoms with Crippen LogP contribution < -0.4 is 5.32 Å². The molecule has 1 aliphatic carbocycles. The molecule has 5 heteroatoms. The number of carbonyl (C=O) groups excluding carboxylic acids is 2. The van der Waals surface area contributed by atoms with E-state index in [0.717, 1.165) is 32.5 Å². The summed E-state index contributed by atoms with van der Waals surface area (Å²) in [6.07, 6.45) is 1.28. The van der Waals surface area contributed by atoms with Gasteiger partial charge in [0.15, 0.2) is 5.78 Å². The zero-order valence-corrected chi connectivity index (χ0v) is 17.8. The fourth-order valence-corrected chi connectivity index (χ4v) is 4.50. The zero-order valence-electron chi connectivity index (χ0n) is 15.6. The standard InChI is InChI=1S/C21H24INO3/c1-5-26-20(25)17-12(2)23-15-10-21(3,4)11-16(24)19(15)18(17)13-7-6-8-14(22)9-13/h6-9,18,23H,5,10-11H2,1-4H3/t18-/m1/s1. The molecule has 2 aliphatic rings. The van der Waals surface area contributed by atoms with Crippen LogP contribution in [0.25, 0.3) is 0 Å². The molecule has 0 radical (unpaired) electrons. The first-order valence-corrected chi connectivity index (χ1v) is 9.98. The first kappa shape index (κ1) is 19.1. The van der Waals surface area contributed by atoms with Gasteiger partial charge in [0.05, 0.1) is 12.2 Å². The van der Waals surface area contributed by atoms with Gasteiger partial charge in [-0.1, -0.05) is 26.0 Å². The Morgan fingerprint density at radius 1 is 1.35 bits per heavy atom. The lowest BCUT2D eigenvalue weighted by Gasteiger charge is -2.39.